The summed E-state index contributed by atoms with van der Waals surface area (Å²) in [7, 11) is 0. The van der Waals surface area contributed by atoms with Crippen molar-refractivity contribution in [2.24, 2.45) is 0 Å². The largest absolute Gasteiger partial charge is 0.420 e. The van der Waals surface area contributed by atoms with Gasteiger partial charge in [0.1, 0.15) is 6.54 Å². The molecule has 4 rings (SSSR count). The maximum atomic E-state index is 12.6. The third-order valence-corrected chi connectivity index (χ3v) is 5.15. The van der Waals surface area contributed by atoms with Gasteiger partial charge in [0.2, 0.25) is 17.7 Å². The number of rotatable bonds is 6. The van der Waals surface area contributed by atoms with E-state index in [0.29, 0.717) is 11.8 Å². The van der Waals surface area contributed by atoms with E-state index in [0.717, 1.165) is 41.2 Å². The van der Waals surface area contributed by atoms with Gasteiger partial charge >= 0.3 is 0 Å². The molecule has 2 aromatic heterocycles. The molecule has 1 fully saturated rings. The van der Waals surface area contributed by atoms with Crippen molar-refractivity contribution in [1.82, 2.24) is 20.1 Å². The highest BCUT2D eigenvalue weighted by molar-refractivity contribution is 5.77. The lowest BCUT2D eigenvalue weighted by molar-refractivity contribution is -0.122. The summed E-state index contributed by atoms with van der Waals surface area (Å²) >= 11 is 0. The Morgan fingerprint density at radius 1 is 1.26 bits per heavy atom. The molecule has 6 nitrogen and oxygen atoms in total. The van der Waals surface area contributed by atoms with Gasteiger partial charge in [-0.25, -0.2) is 0 Å². The van der Waals surface area contributed by atoms with E-state index in [1.165, 1.54) is 0 Å². The molecule has 1 aliphatic rings. The van der Waals surface area contributed by atoms with Crippen LogP contribution >= 0.6 is 0 Å². The van der Waals surface area contributed by atoms with E-state index in [9.17, 15) is 4.79 Å². The zero-order valence-corrected chi connectivity index (χ0v) is 15.9. The summed E-state index contributed by atoms with van der Waals surface area (Å²) in [5.41, 5.74) is 3.94. The maximum Gasteiger partial charge on any atom is 0.249 e. The number of nitrogens with one attached hydrogen (secondary N) is 1. The van der Waals surface area contributed by atoms with Gasteiger partial charge in [-0.2, -0.15) is 0 Å². The molecule has 0 unspecified atom stereocenters. The van der Waals surface area contributed by atoms with Crippen LogP contribution in [0.5, 0.6) is 0 Å². The van der Waals surface area contributed by atoms with Gasteiger partial charge in [-0.05, 0) is 45.2 Å². The van der Waals surface area contributed by atoms with Gasteiger partial charge in [0, 0.05) is 17.3 Å². The maximum absolute atomic E-state index is 12.6. The molecule has 1 aromatic carbocycles. The predicted octanol–water partition coefficient (Wildman–Crippen LogP) is 3.91. The molecule has 1 amide bonds. The Morgan fingerprint density at radius 2 is 2.00 bits per heavy atom. The Labute approximate surface area is 158 Å². The number of aryl methyl sites for hydroxylation is 1. The highest BCUT2D eigenvalue weighted by atomic mass is 16.4. The highest BCUT2D eigenvalue weighted by Gasteiger charge is 2.30. The number of aromatic nitrogens is 3. The topological polar surface area (TPSA) is 73.0 Å². The number of amides is 1. The zero-order valence-electron chi connectivity index (χ0n) is 15.9. The smallest absolute Gasteiger partial charge is 0.249 e. The van der Waals surface area contributed by atoms with Crippen LogP contribution in [-0.2, 0) is 11.3 Å². The molecular formula is C21H24N4O2. The molecular weight excluding hydrogens is 340 g/mol. The third-order valence-electron chi connectivity index (χ3n) is 5.15. The van der Waals surface area contributed by atoms with Crippen LogP contribution in [0.25, 0.3) is 11.5 Å². The van der Waals surface area contributed by atoms with Crippen LogP contribution in [0, 0.1) is 13.8 Å². The molecule has 1 aliphatic carbocycles. The summed E-state index contributed by atoms with van der Waals surface area (Å²) in [6, 6.07) is 11.9. The summed E-state index contributed by atoms with van der Waals surface area (Å²) in [5.74, 6) is 1.67. The van der Waals surface area contributed by atoms with Crippen LogP contribution in [0.3, 0.4) is 0 Å². The molecule has 6 heteroatoms. The Balaban J connectivity index is 1.48. The van der Waals surface area contributed by atoms with E-state index in [1.807, 2.05) is 61.7 Å². The summed E-state index contributed by atoms with van der Waals surface area (Å²) in [5, 5.41) is 11.4. The minimum Gasteiger partial charge on any atom is -0.420 e. The number of carbonyl (C=O) groups excluding carboxylic acids is 1. The molecule has 0 radical (unpaired) electrons. The molecule has 140 valence electrons. The molecule has 0 saturated heterocycles. The second-order valence-corrected chi connectivity index (χ2v) is 7.29. The molecule has 1 N–H and O–H groups in total. The third kappa shape index (κ3) is 3.65. The Hall–Kier alpha value is -2.89. The average molecular weight is 364 g/mol. The summed E-state index contributed by atoms with van der Waals surface area (Å²) in [6.45, 7) is 6.23. The van der Waals surface area contributed by atoms with E-state index in [1.54, 1.807) is 0 Å². The number of hydrogen-bond donors (Lipinski definition) is 1. The van der Waals surface area contributed by atoms with Crippen LogP contribution in [0.2, 0.25) is 0 Å². The minimum atomic E-state index is -0.0358. The standard InChI is InChI=1S/C21H24N4O2/c1-13-11-18(21-24-23-20(27-21)17-9-10-17)15(3)25(13)12-19(26)22-14(2)16-7-5-4-6-8-16/h4-8,11,14,17H,9-10,12H2,1-3H3,(H,22,26)/t14-/m1/s1. The summed E-state index contributed by atoms with van der Waals surface area (Å²) < 4.78 is 7.82. The fourth-order valence-electron chi connectivity index (χ4n) is 3.36. The normalized spacial score (nSPS) is 14.9. The lowest BCUT2D eigenvalue weighted by Crippen LogP contribution is -2.30. The first-order valence-corrected chi connectivity index (χ1v) is 9.37. The van der Waals surface area contributed by atoms with Crippen molar-refractivity contribution in [1.29, 1.82) is 0 Å². The number of nitrogens with zero attached hydrogens (tertiary/aromatic N) is 3. The lowest BCUT2D eigenvalue weighted by Gasteiger charge is -2.16. The van der Waals surface area contributed by atoms with Gasteiger partial charge in [0.15, 0.2) is 0 Å². The Morgan fingerprint density at radius 3 is 2.70 bits per heavy atom. The lowest BCUT2D eigenvalue weighted by atomic mass is 10.1. The predicted molar refractivity (Wildman–Crippen MR) is 102 cm³/mol. The van der Waals surface area contributed by atoms with Crippen molar-refractivity contribution in [3.63, 3.8) is 0 Å². The van der Waals surface area contributed by atoms with Crippen LogP contribution < -0.4 is 5.32 Å². The van der Waals surface area contributed by atoms with E-state index < -0.39 is 0 Å². The van der Waals surface area contributed by atoms with Crippen molar-refractivity contribution in [2.45, 2.75) is 52.1 Å². The van der Waals surface area contributed by atoms with Crippen molar-refractivity contribution in [2.75, 3.05) is 0 Å². The fourth-order valence-corrected chi connectivity index (χ4v) is 3.36. The Bertz CT molecular complexity index is 954. The van der Waals surface area contributed by atoms with Gasteiger partial charge in [-0.15, -0.1) is 10.2 Å². The van der Waals surface area contributed by atoms with Crippen LogP contribution in [-0.4, -0.2) is 20.7 Å². The molecule has 27 heavy (non-hydrogen) atoms. The van der Waals surface area contributed by atoms with E-state index in [2.05, 4.69) is 15.5 Å². The van der Waals surface area contributed by atoms with Crippen LogP contribution in [0.1, 0.15) is 54.6 Å². The number of carbonyl (C=O) groups is 1. The van der Waals surface area contributed by atoms with Gasteiger partial charge in [-0.1, -0.05) is 30.3 Å². The van der Waals surface area contributed by atoms with Crippen molar-refractivity contribution in [3.05, 3.63) is 59.2 Å². The first-order valence-electron chi connectivity index (χ1n) is 9.37. The number of hydrogen-bond acceptors (Lipinski definition) is 4. The average Bonchev–Trinajstić information content (AvgIpc) is 3.34. The molecule has 0 aliphatic heterocycles. The van der Waals surface area contributed by atoms with Crippen LogP contribution in [0.15, 0.2) is 40.8 Å². The highest BCUT2D eigenvalue weighted by Crippen LogP contribution is 2.40. The van der Waals surface area contributed by atoms with Crippen molar-refractivity contribution in [3.8, 4) is 11.5 Å². The fraction of sp³-hybridized carbons (Fsp3) is 0.381. The van der Waals surface area contributed by atoms with Crippen molar-refractivity contribution >= 4 is 5.91 Å². The van der Waals surface area contributed by atoms with E-state index in [-0.39, 0.29) is 18.5 Å². The zero-order chi connectivity index (χ0) is 19.0. The SMILES string of the molecule is Cc1cc(-c2nnc(C3CC3)o2)c(C)n1CC(=O)N[C@H](C)c1ccccc1. The molecule has 0 bridgehead atoms. The second-order valence-electron chi connectivity index (χ2n) is 7.29. The number of benzene rings is 1. The van der Waals surface area contributed by atoms with E-state index in [4.69, 9.17) is 4.42 Å². The molecule has 0 spiro atoms. The molecule has 1 saturated carbocycles. The summed E-state index contributed by atoms with van der Waals surface area (Å²) in [4.78, 5) is 12.6. The molecule has 3 aromatic rings. The second kappa shape index (κ2) is 7.02. The van der Waals surface area contributed by atoms with E-state index >= 15 is 0 Å². The quantitative estimate of drug-likeness (QED) is 0.720. The first-order chi connectivity index (χ1) is 13.0. The molecule has 1 atom stereocenters. The Kier molecular flexibility index (Phi) is 4.56. The minimum absolute atomic E-state index is 0.0242. The van der Waals surface area contributed by atoms with Gasteiger partial charge in [0.25, 0.3) is 0 Å². The van der Waals surface area contributed by atoms with Crippen molar-refractivity contribution < 1.29 is 9.21 Å². The first kappa shape index (κ1) is 17.5. The van der Waals surface area contributed by atoms with Gasteiger partial charge in [0.05, 0.1) is 11.6 Å². The van der Waals surface area contributed by atoms with Gasteiger partial charge < -0.3 is 14.3 Å². The van der Waals surface area contributed by atoms with Gasteiger partial charge in [-0.3, -0.25) is 4.79 Å². The monoisotopic (exact) mass is 364 g/mol. The summed E-state index contributed by atoms with van der Waals surface area (Å²) in [6.07, 6.45) is 2.25. The van der Waals surface area contributed by atoms with Crippen LogP contribution in [0.4, 0.5) is 0 Å². The molecule has 2 heterocycles.